The second-order valence-corrected chi connectivity index (χ2v) is 6.85. The van der Waals surface area contributed by atoms with Gasteiger partial charge in [-0.05, 0) is 30.7 Å². The van der Waals surface area contributed by atoms with Crippen molar-refractivity contribution in [2.45, 2.75) is 19.0 Å². The van der Waals surface area contributed by atoms with Gasteiger partial charge in [-0.3, -0.25) is 9.69 Å². The Morgan fingerprint density at radius 1 is 1.17 bits per heavy atom. The molecule has 0 bridgehead atoms. The lowest BCUT2D eigenvalue weighted by molar-refractivity contribution is -0.131. The van der Waals surface area contributed by atoms with Crippen molar-refractivity contribution >= 4 is 39.5 Å². The average molecular weight is 394 g/mol. The number of benzene rings is 2. The van der Waals surface area contributed by atoms with E-state index in [4.69, 9.17) is 11.6 Å². The maximum absolute atomic E-state index is 12.9. The second kappa shape index (κ2) is 5.98. The van der Waals surface area contributed by atoms with Crippen molar-refractivity contribution in [2.75, 3.05) is 0 Å². The quantitative estimate of drug-likeness (QED) is 0.799. The number of nitrogens with zero attached hydrogens (tertiary/aromatic N) is 1. The summed E-state index contributed by atoms with van der Waals surface area (Å²) in [5.41, 5.74) is 0.444. The smallest absolute Gasteiger partial charge is 0.319 e. The summed E-state index contributed by atoms with van der Waals surface area (Å²) in [7, 11) is 0. The monoisotopic (exact) mass is 392 g/mol. The lowest BCUT2D eigenvalue weighted by atomic mass is 9.92. The third-order valence-electron chi connectivity index (χ3n) is 3.92. The molecule has 0 saturated carbocycles. The molecule has 1 aliphatic rings. The van der Waals surface area contributed by atoms with E-state index in [0.29, 0.717) is 5.02 Å². The molecule has 0 spiro atoms. The van der Waals surface area contributed by atoms with E-state index in [0.717, 1.165) is 15.6 Å². The molecule has 0 radical (unpaired) electrons. The molecular formula is C17H14BrClN2O2. The summed E-state index contributed by atoms with van der Waals surface area (Å²) in [4.78, 5) is 26.4. The van der Waals surface area contributed by atoms with Crippen LogP contribution in [-0.4, -0.2) is 16.8 Å². The summed E-state index contributed by atoms with van der Waals surface area (Å²) in [5, 5.41) is 3.37. The SMILES string of the molecule is CC1(c2ccccc2Br)NC(=O)N(Cc2cccc(Cl)c2)C1=O. The van der Waals surface area contributed by atoms with Crippen molar-refractivity contribution in [3.63, 3.8) is 0 Å². The van der Waals surface area contributed by atoms with E-state index in [1.54, 1.807) is 25.1 Å². The van der Waals surface area contributed by atoms with Crippen molar-refractivity contribution < 1.29 is 9.59 Å². The van der Waals surface area contributed by atoms with Crippen LogP contribution in [0.5, 0.6) is 0 Å². The van der Waals surface area contributed by atoms with Gasteiger partial charge in [-0.15, -0.1) is 0 Å². The molecular weight excluding hydrogens is 380 g/mol. The Morgan fingerprint density at radius 3 is 2.61 bits per heavy atom. The predicted molar refractivity (Wildman–Crippen MR) is 92.0 cm³/mol. The molecule has 3 rings (SSSR count). The Kier molecular flexibility index (Phi) is 4.17. The van der Waals surface area contributed by atoms with Gasteiger partial charge in [-0.2, -0.15) is 0 Å². The minimum atomic E-state index is -1.09. The summed E-state index contributed by atoms with van der Waals surface area (Å²) in [6.45, 7) is 1.90. The maximum Gasteiger partial charge on any atom is 0.325 e. The zero-order chi connectivity index (χ0) is 16.6. The highest BCUT2D eigenvalue weighted by Gasteiger charge is 2.49. The summed E-state index contributed by atoms with van der Waals surface area (Å²) in [5.74, 6) is -0.283. The van der Waals surface area contributed by atoms with Crippen molar-refractivity contribution in [1.82, 2.24) is 10.2 Å². The first kappa shape index (κ1) is 16.0. The molecule has 6 heteroatoms. The van der Waals surface area contributed by atoms with Crippen LogP contribution in [0.3, 0.4) is 0 Å². The van der Waals surface area contributed by atoms with Crippen molar-refractivity contribution in [3.05, 3.63) is 69.2 Å². The molecule has 2 aromatic carbocycles. The predicted octanol–water partition coefficient (Wildman–Crippen LogP) is 4.07. The number of imide groups is 1. The molecule has 4 nitrogen and oxygen atoms in total. The molecule has 1 N–H and O–H groups in total. The van der Waals surface area contributed by atoms with Gasteiger partial charge in [0.2, 0.25) is 0 Å². The first-order chi connectivity index (χ1) is 10.9. The van der Waals surface area contributed by atoms with Crippen LogP contribution in [0.4, 0.5) is 4.79 Å². The topological polar surface area (TPSA) is 49.4 Å². The number of carbonyl (C=O) groups is 2. The van der Waals surface area contributed by atoms with Gasteiger partial charge in [0.05, 0.1) is 6.54 Å². The van der Waals surface area contributed by atoms with Gasteiger partial charge in [0.25, 0.3) is 5.91 Å². The highest BCUT2D eigenvalue weighted by atomic mass is 79.9. The number of rotatable bonds is 3. The number of urea groups is 1. The van der Waals surface area contributed by atoms with Gasteiger partial charge in [0.15, 0.2) is 0 Å². The highest BCUT2D eigenvalue weighted by molar-refractivity contribution is 9.10. The minimum Gasteiger partial charge on any atom is -0.319 e. The summed E-state index contributed by atoms with van der Waals surface area (Å²) < 4.78 is 0.778. The minimum absolute atomic E-state index is 0.186. The third kappa shape index (κ3) is 2.86. The molecule has 23 heavy (non-hydrogen) atoms. The van der Waals surface area contributed by atoms with Gasteiger partial charge in [0, 0.05) is 15.1 Å². The molecule has 3 amide bonds. The van der Waals surface area contributed by atoms with Crippen LogP contribution in [0.15, 0.2) is 53.0 Å². The number of nitrogens with one attached hydrogen (secondary N) is 1. The van der Waals surface area contributed by atoms with E-state index >= 15 is 0 Å². The number of carbonyl (C=O) groups excluding carboxylic acids is 2. The van der Waals surface area contributed by atoms with Crippen molar-refractivity contribution in [1.29, 1.82) is 0 Å². The molecule has 1 heterocycles. The maximum atomic E-state index is 12.9. The van der Waals surface area contributed by atoms with E-state index in [9.17, 15) is 9.59 Å². The number of hydrogen-bond donors (Lipinski definition) is 1. The molecule has 1 aliphatic heterocycles. The molecule has 0 aliphatic carbocycles. The Balaban J connectivity index is 1.92. The summed E-state index contributed by atoms with van der Waals surface area (Å²) in [6.07, 6.45) is 0. The van der Waals surface area contributed by atoms with Gasteiger partial charge >= 0.3 is 6.03 Å². The molecule has 2 aromatic rings. The number of halogens is 2. The van der Waals surface area contributed by atoms with E-state index in [-0.39, 0.29) is 12.5 Å². The fraction of sp³-hybridized carbons (Fsp3) is 0.176. The van der Waals surface area contributed by atoms with Crippen LogP contribution in [0.25, 0.3) is 0 Å². The average Bonchev–Trinajstić information content (AvgIpc) is 2.72. The lowest BCUT2D eigenvalue weighted by Gasteiger charge is -2.23. The normalized spacial score (nSPS) is 20.7. The highest BCUT2D eigenvalue weighted by Crippen LogP contribution is 2.34. The molecule has 1 atom stereocenters. The van der Waals surface area contributed by atoms with Gasteiger partial charge in [-0.1, -0.05) is 57.9 Å². The second-order valence-electron chi connectivity index (χ2n) is 5.56. The number of amides is 3. The van der Waals surface area contributed by atoms with Gasteiger partial charge < -0.3 is 5.32 Å². The Hall–Kier alpha value is -1.85. The van der Waals surface area contributed by atoms with E-state index in [2.05, 4.69) is 21.2 Å². The van der Waals surface area contributed by atoms with Crippen LogP contribution >= 0.6 is 27.5 Å². The molecule has 1 saturated heterocycles. The van der Waals surface area contributed by atoms with Crippen LogP contribution in [-0.2, 0) is 16.9 Å². The molecule has 0 aromatic heterocycles. The fourth-order valence-corrected chi connectivity index (χ4v) is 3.60. The van der Waals surface area contributed by atoms with Crippen molar-refractivity contribution in [2.24, 2.45) is 0 Å². The fourth-order valence-electron chi connectivity index (χ4n) is 2.71. The third-order valence-corrected chi connectivity index (χ3v) is 4.84. The summed E-state index contributed by atoms with van der Waals surface area (Å²) in [6, 6.07) is 14.1. The van der Waals surface area contributed by atoms with E-state index in [1.165, 1.54) is 4.90 Å². The first-order valence-electron chi connectivity index (χ1n) is 7.05. The zero-order valence-electron chi connectivity index (χ0n) is 12.3. The van der Waals surface area contributed by atoms with Crippen LogP contribution in [0.1, 0.15) is 18.1 Å². The van der Waals surface area contributed by atoms with Crippen LogP contribution < -0.4 is 5.32 Å². The Labute approximate surface area is 147 Å². The van der Waals surface area contributed by atoms with Crippen LogP contribution in [0, 0.1) is 0 Å². The summed E-state index contributed by atoms with van der Waals surface area (Å²) >= 11 is 9.41. The first-order valence-corrected chi connectivity index (χ1v) is 8.22. The zero-order valence-corrected chi connectivity index (χ0v) is 14.7. The van der Waals surface area contributed by atoms with Gasteiger partial charge in [0.1, 0.15) is 5.54 Å². The number of hydrogen-bond acceptors (Lipinski definition) is 2. The van der Waals surface area contributed by atoms with Gasteiger partial charge in [-0.25, -0.2) is 4.79 Å². The van der Waals surface area contributed by atoms with E-state index in [1.807, 2.05) is 30.3 Å². The Morgan fingerprint density at radius 2 is 1.91 bits per heavy atom. The lowest BCUT2D eigenvalue weighted by Crippen LogP contribution is -2.41. The molecule has 1 fully saturated rings. The largest absolute Gasteiger partial charge is 0.325 e. The molecule has 118 valence electrons. The van der Waals surface area contributed by atoms with Crippen LogP contribution in [0.2, 0.25) is 5.02 Å². The van der Waals surface area contributed by atoms with E-state index < -0.39 is 11.6 Å². The Bertz CT molecular complexity index is 796. The standard InChI is InChI=1S/C17H14BrClN2O2/c1-17(13-7-2-3-8-14(13)18)15(22)21(16(23)20-17)10-11-5-4-6-12(19)9-11/h2-9H,10H2,1H3,(H,20,23). The van der Waals surface area contributed by atoms with Crippen molar-refractivity contribution in [3.8, 4) is 0 Å². The molecule has 1 unspecified atom stereocenters.